The highest BCUT2D eigenvalue weighted by Crippen LogP contribution is 2.48. The molecule has 1 aliphatic heterocycles. The number of hydrogen-bond acceptors (Lipinski definition) is 1. The van der Waals surface area contributed by atoms with Gasteiger partial charge in [0.1, 0.15) is 0 Å². The summed E-state index contributed by atoms with van der Waals surface area (Å²) in [5.74, 6) is 0.829. The van der Waals surface area contributed by atoms with Crippen molar-refractivity contribution in [2.75, 3.05) is 11.9 Å². The molecule has 0 bridgehead atoms. The zero-order valence-corrected chi connectivity index (χ0v) is 8.96. The molecule has 1 fully saturated rings. The third-order valence-electron chi connectivity index (χ3n) is 3.94. The first kappa shape index (κ1) is 8.34. The first-order valence-corrected chi connectivity index (χ1v) is 5.61. The van der Waals surface area contributed by atoms with Crippen molar-refractivity contribution in [2.24, 2.45) is 0 Å². The molecule has 1 nitrogen and oxygen atoms in total. The molecule has 0 radical (unpaired) electrons. The maximum atomic E-state index is 2.49. The number of fused-ring (bicyclic) bond motifs is 3. The van der Waals surface area contributed by atoms with Crippen molar-refractivity contribution in [3.63, 3.8) is 0 Å². The maximum Gasteiger partial charge on any atom is 0.0402 e. The van der Waals surface area contributed by atoms with Crippen LogP contribution >= 0.6 is 0 Å². The van der Waals surface area contributed by atoms with Crippen molar-refractivity contribution in [3.05, 3.63) is 29.3 Å². The van der Waals surface area contributed by atoms with Crippen LogP contribution in [-0.4, -0.2) is 13.1 Å². The smallest absolute Gasteiger partial charge is 0.0402 e. The summed E-state index contributed by atoms with van der Waals surface area (Å²) in [7, 11) is 2.25. The zero-order chi connectivity index (χ0) is 9.71. The Morgan fingerprint density at radius 3 is 3.00 bits per heavy atom. The number of aryl methyl sites for hydroxylation is 1. The standard InChI is InChI=1S/C13H17N/c1-9-6-7-13-11(8-9)10-4-3-5-12(10)14(13)2/h6-8,10,12H,3-5H2,1-2H3. The molecule has 0 amide bonds. The van der Waals surface area contributed by atoms with Crippen LogP contribution in [0.2, 0.25) is 0 Å². The fraction of sp³-hybridized carbons (Fsp3) is 0.538. The number of anilines is 1. The van der Waals surface area contributed by atoms with Crippen LogP contribution in [0.1, 0.15) is 36.3 Å². The van der Waals surface area contributed by atoms with Gasteiger partial charge in [0.05, 0.1) is 0 Å². The number of nitrogens with zero attached hydrogens (tertiary/aromatic N) is 1. The molecule has 1 aromatic carbocycles. The summed E-state index contributed by atoms with van der Waals surface area (Å²) in [4.78, 5) is 2.49. The Labute approximate surface area is 85.7 Å². The number of benzene rings is 1. The summed E-state index contributed by atoms with van der Waals surface area (Å²) in [6, 6.07) is 7.72. The van der Waals surface area contributed by atoms with Crippen molar-refractivity contribution >= 4 is 5.69 Å². The Morgan fingerprint density at radius 1 is 1.29 bits per heavy atom. The minimum atomic E-state index is 0.798. The van der Waals surface area contributed by atoms with Crippen molar-refractivity contribution in [1.82, 2.24) is 0 Å². The molecule has 74 valence electrons. The first-order chi connectivity index (χ1) is 6.77. The van der Waals surface area contributed by atoms with Crippen molar-refractivity contribution in [2.45, 2.75) is 38.1 Å². The van der Waals surface area contributed by atoms with Crippen LogP contribution in [0.25, 0.3) is 0 Å². The molecule has 2 unspecified atom stereocenters. The molecule has 1 heteroatoms. The molecule has 0 saturated heterocycles. The van der Waals surface area contributed by atoms with Gasteiger partial charge in [0, 0.05) is 24.7 Å². The van der Waals surface area contributed by atoms with Gasteiger partial charge in [0.25, 0.3) is 0 Å². The van der Waals surface area contributed by atoms with Crippen LogP contribution in [0.4, 0.5) is 5.69 Å². The second-order valence-corrected chi connectivity index (χ2v) is 4.78. The van der Waals surface area contributed by atoms with E-state index in [1.165, 1.54) is 30.5 Å². The van der Waals surface area contributed by atoms with Crippen molar-refractivity contribution < 1.29 is 0 Å². The van der Waals surface area contributed by atoms with Crippen LogP contribution in [0.15, 0.2) is 18.2 Å². The number of likely N-dealkylation sites (N-methyl/N-ethyl adjacent to an activating group) is 1. The molecule has 0 aromatic heterocycles. The molecule has 14 heavy (non-hydrogen) atoms. The average molecular weight is 187 g/mol. The molecule has 2 atom stereocenters. The lowest BCUT2D eigenvalue weighted by Gasteiger charge is -2.21. The van der Waals surface area contributed by atoms with E-state index in [2.05, 4.69) is 37.1 Å². The average Bonchev–Trinajstić information content (AvgIpc) is 2.71. The lowest BCUT2D eigenvalue weighted by atomic mass is 9.96. The highest BCUT2D eigenvalue weighted by atomic mass is 15.2. The fourth-order valence-electron chi connectivity index (χ4n) is 3.24. The second-order valence-electron chi connectivity index (χ2n) is 4.78. The van der Waals surface area contributed by atoms with Gasteiger partial charge < -0.3 is 4.90 Å². The summed E-state index contributed by atoms with van der Waals surface area (Å²) in [5, 5.41) is 0. The van der Waals surface area contributed by atoms with Crippen LogP contribution in [-0.2, 0) is 0 Å². The Hall–Kier alpha value is -0.980. The van der Waals surface area contributed by atoms with E-state index in [0.717, 1.165) is 12.0 Å². The van der Waals surface area contributed by atoms with Gasteiger partial charge >= 0.3 is 0 Å². The third-order valence-corrected chi connectivity index (χ3v) is 3.94. The van der Waals surface area contributed by atoms with E-state index in [0.29, 0.717) is 0 Å². The Kier molecular flexibility index (Phi) is 1.64. The third kappa shape index (κ3) is 0.956. The molecule has 3 rings (SSSR count). The molecule has 1 saturated carbocycles. The molecular formula is C13H17N. The lowest BCUT2D eigenvalue weighted by Crippen LogP contribution is -2.26. The summed E-state index contributed by atoms with van der Waals surface area (Å²) in [5.41, 5.74) is 4.49. The fourth-order valence-corrected chi connectivity index (χ4v) is 3.24. The Morgan fingerprint density at radius 2 is 2.14 bits per heavy atom. The van der Waals surface area contributed by atoms with Gasteiger partial charge in [0.2, 0.25) is 0 Å². The number of rotatable bonds is 0. The normalized spacial score (nSPS) is 29.1. The molecule has 1 heterocycles. The van der Waals surface area contributed by atoms with E-state index in [4.69, 9.17) is 0 Å². The van der Waals surface area contributed by atoms with Gasteiger partial charge in [0.15, 0.2) is 0 Å². The predicted molar refractivity (Wildman–Crippen MR) is 60.0 cm³/mol. The van der Waals surface area contributed by atoms with Crippen LogP contribution in [0.3, 0.4) is 0 Å². The van der Waals surface area contributed by atoms with E-state index in [1.54, 1.807) is 5.56 Å². The summed E-state index contributed by atoms with van der Waals surface area (Å²) < 4.78 is 0. The van der Waals surface area contributed by atoms with Crippen molar-refractivity contribution in [1.29, 1.82) is 0 Å². The van der Waals surface area contributed by atoms with E-state index >= 15 is 0 Å². The lowest BCUT2D eigenvalue weighted by molar-refractivity contribution is 0.625. The van der Waals surface area contributed by atoms with Crippen LogP contribution in [0, 0.1) is 6.92 Å². The molecule has 1 aromatic rings. The van der Waals surface area contributed by atoms with Gasteiger partial charge in [-0.1, -0.05) is 24.1 Å². The molecule has 1 aliphatic carbocycles. The van der Waals surface area contributed by atoms with E-state index < -0.39 is 0 Å². The monoisotopic (exact) mass is 187 g/mol. The molecule has 2 aliphatic rings. The molecule has 0 N–H and O–H groups in total. The molecule has 0 spiro atoms. The van der Waals surface area contributed by atoms with Crippen LogP contribution in [0.5, 0.6) is 0 Å². The van der Waals surface area contributed by atoms with Gasteiger partial charge in [-0.2, -0.15) is 0 Å². The highest BCUT2D eigenvalue weighted by Gasteiger charge is 2.39. The zero-order valence-electron chi connectivity index (χ0n) is 8.96. The maximum absolute atomic E-state index is 2.49. The summed E-state index contributed by atoms with van der Waals surface area (Å²) >= 11 is 0. The Balaban J connectivity index is 2.13. The van der Waals surface area contributed by atoms with Gasteiger partial charge in [-0.15, -0.1) is 0 Å². The SMILES string of the molecule is Cc1ccc2c(c1)C1CCCC1N2C. The first-order valence-electron chi connectivity index (χ1n) is 5.61. The largest absolute Gasteiger partial charge is 0.371 e. The van der Waals surface area contributed by atoms with E-state index in [9.17, 15) is 0 Å². The minimum Gasteiger partial charge on any atom is -0.371 e. The quantitative estimate of drug-likeness (QED) is 0.603. The summed E-state index contributed by atoms with van der Waals surface area (Å²) in [6.07, 6.45) is 4.19. The summed E-state index contributed by atoms with van der Waals surface area (Å²) in [6.45, 7) is 2.20. The minimum absolute atomic E-state index is 0.798. The van der Waals surface area contributed by atoms with Crippen LogP contribution < -0.4 is 4.90 Å². The molecular weight excluding hydrogens is 170 g/mol. The Bertz CT molecular complexity index is 369. The van der Waals surface area contributed by atoms with Gasteiger partial charge in [-0.3, -0.25) is 0 Å². The topological polar surface area (TPSA) is 3.24 Å². The van der Waals surface area contributed by atoms with Gasteiger partial charge in [-0.05, 0) is 31.4 Å². The van der Waals surface area contributed by atoms with Crippen molar-refractivity contribution in [3.8, 4) is 0 Å². The van der Waals surface area contributed by atoms with Gasteiger partial charge in [-0.25, -0.2) is 0 Å². The predicted octanol–water partition coefficient (Wildman–Crippen LogP) is 3.08. The number of hydrogen-bond donors (Lipinski definition) is 0. The highest BCUT2D eigenvalue weighted by molar-refractivity contribution is 5.62. The second kappa shape index (κ2) is 2.75. The van der Waals surface area contributed by atoms with E-state index in [-0.39, 0.29) is 0 Å². The van der Waals surface area contributed by atoms with E-state index in [1.807, 2.05) is 0 Å².